The highest BCUT2D eigenvalue weighted by Gasteiger charge is 2.38. The summed E-state index contributed by atoms with van der Waals surface area (Å²) in [6.45, 7) is 7.84. The molecule has 2 atom stereocenters. The van der Waals surface area contributed by atoms with Crippen LogP contribution < -0.4 is 11.1 Å². The normalized spacial score (nSPS) is 24.8. The summed E-state index contributed by atoms with van der Waals surface area (Å²) < 4.78 is 5.44. The Kier molecular flexibility index (Phi) is 6.43. The van der Waals surface area contributed by atoms with Crippen molar-refractivity contribution in [3.8, 4) is 0 Å². The van der Waals surface area contributed by atoms with Crippen molar-refractivity contribution >= 4 is 6.09 Å². The maximum absolute atomic E-state index is 12.2. The second-order valence-corrected chi connectivity index (χ2v) is 7.13. The van der Waals surface area contributed by atoms with Gasteiger partial charge < -0.3 is 25.8 Å². The Balaban J connectivity index is 2.69. The Morgan fingerprint density at radius 1 is 1.52 bits per heavy atom. The van der Waals surface area contributed by atoms with Gasteiger partial charge in [0.1, 0.15) is 5.60 Å². The Morgan fingerprint density at radius 2 is 2.19 bits per heavy atom. The predicted octanol–water partition coefficient (Wildman–Crippen LogP) is 0.933. The monoisotopic (exact) mass is 301 g/mol. The lowest BCUT2D eigenvalue weighted by Gasteiger charge is -2.43. The molecule has 0 spiro atoms. The Bertz CT molecular complexity index is 344. The number of hydrogen-bond donors (Lipinski definition) is 3. The van der Waals surface area contributed by atoms with E-state index in [1.54, 1.807) is 4.90 Å². The molecule has 1 saturated heterocycles. The van der Waals surface area contributed by atoms with E-state index in [0.29, 0.717) is 32.6 Å². The summed E-state index contributed by atoms with van der Waals surface area (Å²) in [5.41, 5.74) is 5.25. The minimum Gasteiger partial charge on any atom is -0.444 e. The standard InChI is InChI=1S/C15H31N3O3/c1-14(2,3)21-13(20)18-7-5-6-15(10-16,11-18)8-12(19)9-17-4/h12,17,19H,5-11,16H2,1-4H3/t12-,15+/m1/s1. The second kappa shape index (κ2) is 7.42. The van der Waals surface area contributed by atoms with Crippen molar-refractivity contribution < 1.29 is 14.6 Å². The van der Waals surface area contributed by atoms with Crippen molar-refractivity contribution in [2.24, 2.45) is 11.1 Å². The third kappa shape index (κ3) is 5.80. The van der Waals surface area contributed by atoms with Crippen LogP contribution in [0.1, 0.15) is 40.0 Å². The van der Waals surface area contributed by atoms with Crippen LogP contribution in [0.15, 0.2) is 0 Å². The molecule has 0 aliphatic carbocycles. The number of nitrogens with zero attached hydrogens (tertiary/aromatic N) is 1. The van der Waals surface area contributed by atoms with Crippen molar-refractivity contribution in [1.82, 2.24) is 10.2 Å². The molecule has 0 saturated carbocycles. The number of hydrogen-bond acceptors (Lipinski definition) is 5. The zero-order valence-corrected chi connectivity index (χ0v) is 13.8. The van der Waals surface area contributed by atoms with Crippen LogP contribution in [0.2, 0.25) is 0 Å². The van der Waals surface area contributed by atoms with Crippen molar-refractivity contribution in [2.45, 2.75) is 51.7 Å². The lowest BCUT2D eigenvalue weighted by atomic mass is 9.75. The van der Waals surface area contributed by atoms with Crippen LogP contribution in [0.3, 0.4) is 0 Å². The maximum atomic E-state index is 12.2. The third-order valence-electron chi connectivity index (χ3n) is 3.85. The molecular weight excluding hydrogens is 270 g/mol. The molecule has 0 aromatic carbocycles. The molecule has 0 radical (unpaired) electrons. The second-order valence-electron chi connectivity index (χ2n) is 7.13. The first-order valence-corrected chi connectivity index (χ1v) is 7.72. The van der Waals surface area contributed by atoms with E-state index in [0.717, 1.165) is 12.8 Å². The quantitative estimate of drug-likeness (QED) is 0.703. The molecule has 6 nitrogen and oxygen atoms in total. The number of amides is 1. The van der Waals surface area contributed by atoms with Gasteiger partial charge in [0.05, 0.1) is 6.10 Å². The van der Waals surface area contributed by atoms with E-state index >= 15 is 0 Å². The molecule has 1 amide bonds. The van der Waals surface area contributed by atoms with Crippen LogP contribution in [-0.4, -0.2) is 61.0 Å². The lowest BCUT2D eigenvalue weighted by molar-refractivity contribution is -0.00539. The maximum Gasteiger partial charge on any atom is 0.410 e. The number of ether oxygens (including phenoxy) is 1. The fraction of sp³-hybridized carbons (Fsp3) is 0.933. The Morgan fingerprint density at radius 3 is 2.71 bits per heavy atom. The van der Waals surface area contributed by atoms with E-state index in [1.165, 1.54) is 0 Å². The number of carbonyl (C=O) groups is 1. The SMILES string of the molecule is CNC[C@H](O)C[C@]1(CN)CCCN(C(=O)OC(C)(C)C)C1. The molecule has 0 bridgehead atoms. The Hall–Kier alpha value is -0.850. The Labute approximate surface area is 128 Å². The number of carbonyl (C=O) groups excluding carboxylic acids is 1. The van der Waals surface area contributed by atoms with Gasteiger partial charge in [-0.1, -0.05) is 0 Å². The summed E-state index contributed by atoms with van der Waals surface area (Å²) in [5.74, 6) is 0. The molecule has 124 valence electrons. The molecule has 0 aromatic rings. The molecule has 21 heavy (non-hydrogen) atoms. The number of rotatable bonds is 5. The molecule has 4 N–H and O–H groups in total. The first kappa shape index (κ1) is 18.2. The van der Waals surface area contributed by atoms with Gasteiger partial charge in [0, 0.05) is 25.0 Å². The van der Waals surface area contributed by atoms with Gasteiger partial charge in [-0.15, -0.1) is 0 Å². The van der Waals surface area contributed by atoms with Crippen molar-refractivity contribution in [2.75, 3.05) is 33.2 Å². The lowest BCUT2D eigenvalue weighted by Crippen LogP contribution is -2.52. The van der Waals surface area contributed by atoms with Crippen LogP contribution >= 0.6 is 0 Å². The van der Waals surface area contributed by atoms with Crippen molar-refractivity contribution in [1.29, 1.82) is 0 Å². The van der Waals surface area contributed by atoms with Gasteiger partial charge in [0.2, 0.25) is 0 Å². The van der Waals surface area contributed by atoms with E-state index in [1.807, 2.05) is 27.8 Å². The number of nitrogens with one attached hydrogen (secondary N) is 1. The van der Waals surface area contributed by atoms with E-state index in [-0.39, 0.29) is 11.5 Å². The minimum absolute atomic E-state index is 0.217. The molecular formula is C15H31N3O3. The number of likely N-dealkylation sites (tertiary alicyclic amines) is 1. The van der Waals surface area contributed by atoms with Gasteiger partial charge >= 0.3 is 6.09 Å². The van der Waals surface area contributed by atoms with E-state index in [9.17, 15) is 9.90 Å². The van der Waals surface area contributed by atoms with Gasteiger partial charge in [0.15, 0.2) is 0 Å². The van der Waals surface area contributed by atoms with E-state index in [4.69, 9.17) is 10.5 Å². The van der Waals surface area contributed by atoms with Crippen molar-refractivity contribution in [3.05, 3.63) is 0 Å². The minimum atomic E-state index is -0.494. The van der Waals surface area contributed by atoms with Gasteiger partial charge in [-0.25, -0.2) is 4.79 Å². The average molecular weight is 301 g/mol. The summed E-state index contributed by atoms with van der Waals surface area (Å²) in [6.07, 6.45) is 1.69. The summed E-state index contributed by atoms with van der Waals surface area (Å²) in [5, 5.41) is 13.0. The highest BCUT2D eigenvalue weighted by Crippen LogP contribution is 2.34. The molecule has 0 aromatic heterocycles. The van der Waals surface area contributed by atoms with E-state index < -0.39 is 11.7 Å². The summed E-state index contributed by atoms with van der Waals surface area (Å²) in [6, 6.07) is 0. The van der Waals surface area contributed by atoms with Gasteiger partial charge in [-0.3, -0.25) is 0 Å². The molecule has 6 heteroatoms. The molecule has 1 rings (SSSR count). The van der Waals surface area contributed by atoms with Crippen molar-refractivity contribution in [3.63, 3.8) is 0 Å². The zero-order valence-electron chi connectivity index (χ0n) is 13.8. The van der Waals surface area contributed by atoms with Crippen LogP contribution in [0.25, 0.3) is 0 Å². The number of piperidine rings is 1. The van der Waals surface area contributed by atoms with Crippen LogP contribution in [0.4, 0.5) is 4.79 Å². The van der Waals surface area contributed by atoms with Gasteiger partial charge in [-0.2, -0.15) is 0 Å². The molecule has 1 heterocycles. The van der Waals surface area contributed by atoms with E-state index in [2.05, 4.69) is 5.32 Å². The van der Waals surface area contributed by atoms with Gasteiger partial charge in [-0.05, 0) is 53.6 Å². The first-order chi connectivity index (χ1) is 9.71. The molecule has 0 unspecified atom stereocenters. The summed E-state index contributed by atoms with van der Waals surface area (Å²) in [4.78, 5) is 13.9. The average Bonchev–Trinajstić information content (AvgIpc) is 2.37. The summed E-state index contributed by atoms with van der Waals surface area (Å²) in [7, 11) is 1.81. The smallest absolute Gasteiger partial charge is 0.410 e. The first-order valence-electron chi connectivity index (χ1n) is 7.72. The number of nitrogens with two attached hydrogens (primary N) is 1. The predicted molar refractivity (Wildman–Crippen MR) is 83.1 cm³/mol. The zero-order chi connectivity index (χ0) is 16.1. The fourth-order valence-electron chi connectivity index (χ4n) is 2.91. The van der Waals surface area contributed by atoms with Crippen LogP contribution in [0, 0.1) is 5.41 Å². The topological polar surface area (TPSA) is 87.8 Å². The largest absolute Gasteiger partial charge is 0.444 e. The molecule has 1 aliphatic heterocycles. The number of likely N-dealkylation sites (N-methyl/N-ethyl adjacent to an activating group) is 1. The molecule has 1 aliphatic rings. The highest BCUT2D eigenvalue weighted by molar-refractivity contribution is 5.68. The highest BCUT2D eigenvalue weighted by atomic mass is 16.6. The van der Waals surface area contributed by atoms with Crippen LogP contribution in [0.5, 0.6) is 0 Å². The number of aliphatic hydroxyl groups excluding tert-OH is 1. The van der Waals surface area contributed by atoms with Crippen LogP contribution in [-0.2, 0) is 4.74 Å². The third-order valence-corrected chi connectivity index (χ3v) is 3.85. The fourth-order valence-corrected chi connectivity index (χ4v) is 2.91. The number of aliphatic hydroxyl groups is 1. The summed E-state index contributed by atoms with van der Waals surface area (Å²) >= 11 is 0. The molecule has 1 fully saturated rings. The van der Waals surface area contributed by atoms with Gasteiger partial charge in [0.25, 0.3) is 0 Å².